The van der Waals surface area contributed by atoms with Crippen LogP contribution in [-0.4, -0.2) is 72.8 Å². The van der Waals surface area contributed by atoms with Crippen LogP contribution >= 0.6 is 0 Å². The summed E-state index contributed by atoms with van der Waals surface area (Å²) in [7, 11) is 2.00. The molecule has 3 heterocycles. The van der Waals surface area contributed by atoms with Crippen LogP contribution in [0.1, 0.15) is 27.2 Å². The van der Waals surface area contributed by atoms with Gasteiger partial charge in [0.25, 0.3) is 5.91 Å². The zero-order chi connectivity index (χ0) is 30.0. The minimum absolute atomic E-state index is 0.0893. The summed E-state index contributed by atoms with van der Waals surface area (Å²) >= 11 is 0. The number of anilines is 1. The zero-order valence-corrected chi connectivity index (χ0v) is 23.6. The molecule has 222 valence electrons. The van der Waals surface area contributed by atoms with Crippen molar-refractivity contribution in [2.24, 2.45) is 4.99 Å². The fraction of sp³-hybridized carbons (Fsp3) is 0.281. The van der Waals surface area contributed by atoms with E-state index in [1.54, 1.807) is 36.5 Å². The number of nitrogens with zero attached hydrogens (tertiary/aromatic N) is 4. The number of hydrogen-bond donors (Lipinski definition) is 2. The molecule has 0 radical (unpaired) electrons. The number of piperazine rings is 1. The van der Waals surface area contributed by atoms with Crippen molar-refractivity contribution in [3.8, 4) is 11.5 Å². The molecule has 4 aromatic rings. The van der Waals surface area contributed by atoms with Gasteiger partial charge in [-0.3, -0.25) is 19.7 Å². The van der Waals surface area contributed by atoms with E-state index in [4.69, 9.17) is 4.74 Å². The summed E-state index contributed by atoms with van der Waals surface area (Å²) in [6.07, 6.45) is -2.89. The van der Waals surface area contributed by atoms with Crippen molar-refractivity contribution < 1.29 is 22.7 Å². The van der Waals surface area contributed by atoms with Gasteiger partial charge in [-0.05, 0) is 65.8 Å². The molecule has 2 aliphatic heterocycles. The van der Waals surface area contributed by atoms with E-state index < -0.39 is 17.6 Å². The SMILES string of the molecule is CN1CCN(Cc2ccc(NC(=O)c3ccc4ccc(Oc5ccnc(C6=NCCN6)c5)cc4c3)cc2C(F)(F)F)CC1. The van der Waals surface area contributed by atoms with E-state index in [1.807, 2.05) is 30.1 Å². The van der Waals surface area contributed by atoms with Gasteiger partial charge in [0.05, 0.1) is 12.1 Å². The van der Waals surface area contributed by atoms with E-state index in [2.05, 4.69) is 25.5 Å². The minimum atomic E-state index is -4.54. The molecule has 11 heteroatoms. The number of aliphatic imine (C=N–C) groups is 1. The van der Waals surface area contributed by atoms with Gasteiger partial charge in [-0.2, -0.15) is 13.2 Å². The molecule has 6 rings (SSSR count). The molecule has 1 aromatic heterocycles. The summed E-state index contributed by atoms with van der Waals surface area (Å²) in [5, 5.41) is 7.47. The number of carbonyl (C=O) groups is 1. The van der Waals surface area contributed by atoms with E-state index in [9.17, 15) is 18.0 Å². The highest BCUT2D eigenvalue weighted by Gasteiger charge is 2.34. The number of nitrogens with one attached hydrogen (secondary N) is 2. The summed E-state index contributed by atoms with van der Waals surface area (Å²) in [5.74, 6) is 1.38. The first-order chi connectivity index (χ1) is 20.7. The molecule has 1 saturated heterocycles. The maximum absolute atomic E-state index is 14.0. The average Bonchev–Trinajstić information content (AvgIpc) is 3.54. The summed E-state index contributed by atoms with van der Waals surface area (Å²) in [6, 6.07) is 18.2. The number of fused-ring (bicyclic) bond motifs is 1. The van der Waals surface area contributed by atoms with Crippen LogP contribution in [0.4, 0.5) is 18.9 Å². The number of aromatic nitrogens is 1. The number of halogens is 3. The highest BCUT2D eigenvalue weighted by atomic mass is 19.4. The first-order valence-corrected chi connectivity index (χ1v) is 14.1. The number of carbonyl (C=O) groups excluding carboxylic acids is 1. The number of rotatable bonds is 7. The Bertz CT molecular complexity index is 1680. The Hall–Kier alpha value is -4.48. The maximum atomic E-state index is 14.0. The highest BCUT2D eigenvalue weighted by molar-refractivity contribution is 6.06. The Labute approximate surface area is 247 Å². The van der Waals surface area contributed by atoms with Gasteiger partial charge in [-0.15, -0.1) is 0 Å². The number of amides is 1. The number of likely N-dealkylation sites (N-methyl/N-ethyl adjacent to an activating group) is 1. The fourth-order valence-electron chi connectivity index (χ4n) is 5.25. The Morgan fingerprint density at radius 3 is 2.51 bits per heavy atom. The van der Waals surface area contributed by atoms with Crippen LogP contribution < -0.4 is 15.4 Å². The lowest BCUT2D eigenvalue weighted by Gasteiger charge is -2.33. The van der Waals surface area contributed by atoms with E-state index in [0.717, 1.165) is 42.3 Å². The molecule has 2 N–H and O–H groups in total. The molecule has 1 fully saturated rings. The van der Waals surface area contributed by atoms with Crippen molar-refractivity contribution in [3.05, 3.63) is 95.3 Å². The zero-order valence-electron chi connectivity index (χ0n) is 23.6. The number of pyridine rings is 1. The smallest absolute Gasteiger partial charge is 0.416 e. The molecule has 3 aromatic carbocycles. The van der Waals surface area contributed by atoms with Crippen molar-refractivity contribution in [3.63, 3.8) is 0 Å². The van der Waals surface area contributed by atoms with Gasteiger partial charge >= 0.3 is 6.18 Å². The Morgan fingerprint density at radius 1 is 0.953 bits per heavy atom. The third kappa shape index (κ3) is 6.79. The second kappa shape index (κ2) is 12.0. The second-order valence-corrected chi connectivity index (χ2v) is 10.8. The van der Waals surface area contributed by atoms with Crippen molar-refractivity contribution in [2.75, 3.05) is 51.6 Å². The maximum Gasteiger partial charge on any atom is 0.416 e. The fourth-order valence-corrected chi connectivity index (χ4v) is 5.25. The van der Waals surface area contributed by atoms with Crippen molar-refractivity contribution in [2.45, 2.75) is 12.7 Å². The molecule has 0 unspecified atom stereocenters. The van der Waals surface area contributed by atoms with Gasteiger partial charge in [0.2, 0.25) is 0 Å². The third-order valence-corrected chi connectivity index (χ3v) is 7.62. The lowest BCUT2D eigenvalue weighted by molar-refractivity contribution is -0.138. The van der Waals surface area contributed by atoms with Gasteiger partial charge in [0.1, 0.15) is 23.0 Å². The van der Waals surface area contributed by atoms with Crippen LogP contribution in [0.3, 0.4) is 0 Å². The number of amidine groups is 1. The predicted molar refractivity (Wildman–Crippen MR) is 160 cm³/mol. The molecule has 0 spiro atoms. The molecule has 2 aliphatic rings. The summed E-state index contributed by atoms with van der Waals surface area (Å²) in [5.41, 5.74) is 0.556. The molecular weight excluding hydrogens is 557 g/mol. The van der Waals surface area contributed by atoms with Crippen LogP contribution in [0.2, 0.25) is 0 Å². The van der Waals surface area contributed by atoms with Crippen LogP contribution in [0.25, 0.3) is 10.8 Å². The molecule has 0 saturated carbocycles. The number of hydrogen-bond acceptors (Lipinski definition) is 7. The van der Waals surface area contributed by atoms with E-state index in [-0.39, 0.29) is 17.8 Å². The van der Waals surface area contributed by atoms with Crippen LogP contribution in [0, 0.1) is 0 Å². The monoisotopic (exact) mass is 588 g/mol. The molecule has 8 nitrogen and oxygen atoms in total. The normalized spacial score (nSPS) is 16.1. The summed E-state index contributed by atoms with van der Waals surface area (Å²) < 4.78 is 48.1. The van der Waals surface area contributed by atoms with E-state index in [1.165, 1.54) is 12.1 Å². The highest BCUT2D eigenvalue weighted by Crippen LogP contribution is 2.35. The van der Waals surface area contributed by atoms with Gasteiger partial charge in [-0.25, -0.2) is 0 Å². The van der Waals surface area contributed by atoms with E-state index >= 15 is 0 Å². The molecular formula is C32H31F3N6O2. The standard InChI is InChI=1S/C32H31F3N6O2/c1-40-12-14-41(15-13-40)20-23-4-6-25(18-28(23)32(33,34)35)39-31(42)22-3-2-21-5-7-26(17-24(21)16-22)43-27-8-9-36-29(19-27)30-37-10-11-38-30/h2-9,16-19H,10-15,20H2,1H3,(H,37,38)(H,39,42). The topological polar surface area (TPSA) is 82.1 Å². The molecule has 0 atom stereocenters. The Morgan fingerprint density at radius 2 is 1.74 bits per heavy atom. The van der Waals surface area contributed by atoms with Gasteiger partial charge in [-0.1, -0.05) is 18.2 Å². The number of benzene rings is 3. The lowest BCUT2D eigenvalue weighted by atomic mass is 10.0. The van der Waals surface area contributed by atoms with Gasteiger partial charge in [0, 0.05) is 62.8 Å². The van der Waals surface area contributed by atoms with Crippen molar-refractivity contribution in [1.29, 1.82) is 0 Å². The quantitative estimate of drug-likeness (QED) is 0.301. The van der Waals surface area contributed by atoms with Crippen molar-refractivity contribution >= 4 is 28.2 Å². The first kappa shape index (κ1) is 28.6. The van der Waals surface area contributed by atoms with Crippen LogP contribution in [0.5, 0.6) is 11.5 Å². The van der Waals surface area contributed by atoms with Crippen molar-refractivity contribution in [1.82, 2.24) is 20.1 Å². The Balaban J connectivity index is 1.18. The van der Waals surface area contributed by atoms with Crippen LogP contribution in [-0.2, 0) is 12.7 Å². The van der Waals surface area contributed by atoms with Gasteiger partial charge in [0.15, 0.2) is 0 Å². The lowest BCUT2D eigenvalue weighted by Crippen LogP contribution is -2.44. The third-order valence-electron chi connectivity index (χ3n) is 7.62. The first-order valence-electron chi connectivity index (χ1n) is 14.1. The van der Waals surface area contributed by atoms with Gasteiger partial charge < -0.3 is 20.3 Å². The predicted octanol–water partition coefficient (Wildman–Crippen LogP) is 5.40. The molecule has 0 aliphatic carbocycles. The van der Waals surface area contributed by atoms with Crippen LogP contribution in [0.15, 0.2) is 77.9 Å². The Kier molecular flexibility index (Phi) is 8.00. The molecule has 0 bridgehead atoms. The number of alkyl halides is 3. The summed E-state index contributed by atoms with van der Waals surface area (Å²) in [6.45, 7) is 4.72. The second-order valence-electron chi connectivity index (χ2n) is 10.8. The number of ether oxygens (including phenoxy) is 1. The van der Waals surface area contributed by atoms with E-state index in [0.29, 0.717) is 42.4 Å². The largest absolute Gasteiger partial charge is 0.457 e. The molecule has 1 amide bonds. The minimum Gasteiger partial charge on any atom is -0.457 e. The molecule has 43 heavy (non-hydrogen) atoms. The summed E-state index contributed by atoms with van der Waals surface area (Å²) in [4.78, 5) is 26.0. The average molecular weight is 589 g/mol.